The number of aryl methyl sites for hydroxylation is 1. The highest BCUT2D eigenvalue weighted by atomic mass is 15.3. The number of nitrogens with zero attached hydrogens (tertiary/aromatic N) is 3. The number of imidazole rings is 1. The Morgan fingerprint density at radius 1 is 1.26 bits per heavy atom. The minimum absolute atomic E-state index is 0.465. The van der Waals surface area contributed by atoms with E-state index in [0.29, 0.717) is 12.1 Å². The zero-order chi connectivity index (χ0) is 13.4. The molecule has 1 aromatic rings. The van der Waals surface area contributed by atoms with Crippen molar-refractivity contribution in [2.24, 2.45) is 0 Å². The number of fused-ring (bicyclic) bond motifs is 1. The van der Waals surface area contributed by atoms with Gasteiger partial charge in [-0.3, -0.25) is 4.90 Å². The van der Waals surface area contributed by atoms with E-state index in [2.05, 4.69) is 46.7 Å². The average Bonchev–Trinajstić information content (AvgIpc) is 2.95. The predicted molar refractivity (Wildman–Crippen MR) is 78.6 cm³/mol. The van der Waals surface area contributed by atoms with Crippen molar-refractivity contribution in [3.8, 4) is 0 Å². The van der Waals surface area contributed by atoms with Gasteiger partial charge in [-0.15, -0.1) is 0 Å². The fourth-order valence-electron chi connectivity index (χ4n) is 3.60. The maximum absolute atomic E-state index is 4.67. The van der Waals surface area contributed by atoms with Crippen LogP contribution in [0.2, 0.25) is 0 Å². The van der Waals surface area contributed by atoms with Crippen LogP contribution in [0.1, 0.15) is 51.3 Å². The van der Waals surface area contributed by atoms with E-state index < -0.39 is 0 Å². The lowest BCUT2D eigenvalue weighted by molar-refractivity contribution is 0.192. The van der Waals surface area contributed by atoms with Crippen LogP contribution >= 0.6 is 0 Å². The van der Waals surface area contributed by atoms with Crippen LogP contribution in [0.25, 0.3) is 0 Å². The third-order valence-electron chi connectivity index (χ3n) is 4.58. The normalized spacial score (nSPS) is 27.8. The van der Waals surface area contributed by atoms with Crippen LogP contribution in [-0.2, 0) is 0 Å². The van der Waals surface area contributed by atoms with Gasteiger partial charge in [0.05, 0.1) is 5.69 Å². The van der Waals surface area contributed by atoms with E-state index in [9.17, 15) is 0 Å². The number of rotatable bonds is 3. The summed E-state index contributed by atoms with van der Waals surface area (Å²) in [4.78, 5) is 7.33. The molecule has 2 aliphatic rings. The summed E-state index contributed by atoms with van der Waals surface area (Å²) in [6.07, 6.45) is 7.52. The Balaban J connectivity index is 1.74. The molecule has 3 rings (SSSR count). The predicted octanol–water partition coefficient (Wildman–Crippen LogP) is 2.81. The highest BCUT2D eigenvalue weighted by Gasteiger charge is 2.36. The molecule has 4 nitrogen and oxygen atoms in total. The van der Waals surface area contributed by atoms with E-state index >= 15 is 0 Å². The van der Waals surface area contributed by atoms with Crippen molar-refractivity contribution in [1.29, 1.82) is 0 Å². The summed E-state index contributed by atoms with van der Waals surface area (Å²) in [5.74, 6) is 1.06. The first-order valence-corrected chi connectivity index (χ1v) is 7.71. The lowest BCUT2D eigenvalue weighted by Crippen LogP contribution is -2.42. The Morgan fingerprint density at radius 3 is 2.89 bits per heavy atom. The molecular weight excluding hydrogens is 236 g/mol. The third-order valence-corrected chi connectivity index (χ3v) is 4.58. The summed E-state index contributed by atoms with van der Waals surface area (Å²) < 4.78 is 2.26. The van der Waals surface area contributed by atoms with Crippen molar-refractivity contribution >= 4 is 5.95 Å². The van der Waals surface area contributed by atoms with Crippen LogP contribution in [0.3, 0.4) is 0 Å². The van der Waals surface area contributed by atoms with Crippen LogP contribution in [-0.4, -0.2) is 39.6 Å². The van der Waals surface area contributed by atoms with Crippen LogP contribution in [0, 0.1) is 6.92 Å². The molecule has 0 bridgehead atoms. The number of hydrogen-bond donors (Lipinski definition) is 1. The molecule has 4 heteroatoms. The summed E-state index contributed by atoms with van der Waals surface area (Å²) in [6.45, 7) is 9.05. The van der Waals surface area contributed by atoms with Crippen molar-refractivity contribution in [2.45, 2.75) is 64.6 Å². The molecule has 2 atom stereocenters. The number of nitrogens with one attached hydrogen (secondary N) is 1. The van der Waals surface area contributed by atoms with E-state index in [1.807, 2.05) is 0 Å². The van der Waals surface area contributed by atoms with Crippen LogP contribution < -0.4 is 5.32 Å². The quantitative estimate of drug-likeness (QED) is 0.909. The number of hydrogen-bond acceptors (Lipinski definition) is 3. The van der Waals surface area contributed by atoms with Gasteiger partial charge in [-0.25, -0.2) is 4.98 Å². The Hall–Kier alpha value is -1.03. The van der Waals surface area contributed by atoms with E-state index in [1.54, 1.807) is 0 Å². The van der Waals surface area contributed by atoms with E-state index in [-0.39, 0.29) is 0 Å². The molecule has 1 N–H and O–H groups in total. The lowest BCUT2D eigenvalue weighted by atomic mass is 9.99. The van der Waals surface area contributed by atoms with Gasteiger partial charge in [0.2, 0.25) is 5.95 Å². The average molecular weight is 262 g/mol. The van der Waals surface area contributed by atoms with Gasteiger partial charge < -0.3 is 9.88 Å². The minimum atomic E-state index is 0.465. The first kappa shape index (κ1) is 13.0. The maximum atomic E-state index is 4.67. The van der Waals surface area contributed by atoms with Crippen LogP contribution in [0.4, 0.5) is 5.95 Å². The Kier molecular flexibility index (Phi) is 3.52. The second-order valence-corrected chi connectivity index (χ2v) is 6.35. The molecule has 0 amide bonds. The summed E-state index contributed by atoms with van der Waals surface area (Å²) in [6, 6.07) is 1.78. The summed E-state index contributed by atoms with van der Waals surface area (Å²) in [5.41, 5.74) is 1.11. The molecule has 0 spiro atoms. The summed E-state index contributed by atoms with van der Waals surface area (Å²) in [7, 11) is 0. The zero-order valence-corrected chi connectivity index (χ0v) is 12.4. The standard InChI is InChI=1S/C15H26N4/c1-11(2)19-10-12(3)16-15(19)17-13-7-9-18-8-5-4-6-14(13)18/h10-11,13-14H,4-9H2,1-3H3,(H,16,17). The topological polar surface area (TPSA) is 33.1 Å². The van der Waals surface area contributed by atoms with Gasteiger partial charge >= 0.3 is 0 Å². The number of aromatic nitrogens is 2. The van der Waals surface area contributed by atoms with E-state index in [0.717, 1.165) is 17.7 Å². The van der Waals surface area contributed by atoms with Crippen LogP contribution in [0.15, 0.2) is 6.20 Å². The van der Waals surface area contributed by atoms with Gasteiger partial charge in [-0.2, -0.15) is 0 Å². The smallest absolute Gasteiger partial charge is 0.203 e. The molecule has 1 aromatic heterocycles. The Labute approximate surface area is 116 Å². The molecule has 3 heterocycles. The lowest BCUT2D eigenvalue weighted by Gasteiger charge is -2.32. The van der Waals surface area contributed by atoms with Gasteiger partial charge in [0, 0.05) is 30.9 Å². The maximum Gasteiger partial charge on any atom is 0.203 e. The van der Waals surface area contributed by atoms with Crippen molar-refractivity contribution in [2.75, 3.05) is 18.4 Å². The molecule has 2 unspecified atom stereocenters. The molecule has 2 saturated heterocycles. The van der Waals surface area contributed by atoms with Crippen molar-refractivity contribution in [1.82, 2.24) is 14.5 Å². The van der Waals surface area contributed by atoms with Crippen molar-refractivity contribution in [3.05, 3.63) is 11.9 Å². The first-order valence-electron chi connectivity index (χ1n) is 7.71. The SMILES string of the molecule is Cc1cn(C(C)C)c(NC2CCN3CCCCC23)n1. The molecule has 2 aliphatic heterocycles. The molecule has 0 aliphatic carbocycles. The Bertz CT molecular complexity index is 437. The Morgan fingerprint density at radius 2 is 2.11 bits per heavy atom. The molecule has 0 saturated carbocycles. The van der Waals surface area contributed by atoms with Gasteiger partial charge in [-0.1, -0.05) is 6.42 Å². The van der Waals surface area contributed by atoms with E-state index in [4.69, 9.17) is 0 Å². The molecule has 2 fully saturated rings. The largest absolute Gasteiger partial charge is 0.351 e. The van der Waals surface area contributed by atoms with Crippen LogP contribution in [0.5, 0.6) is 0 Å². The van der Waals surface area contributed by atoms with Gasteiger partial charge in [0.25, 0.3) is 0 Å². The molecule has 19 heavy (non-hydrogen) atoms. The van der Waals surface area contributed by atoms with Gasteiger partial charge in [0.1, 0.15) is 0 Å². The molecule has 0 radical (unpaired) electrons. The van der Waals surface area contributed by atoms with E-state index in [1.165, 1.54) is 38.8 Å². The fraction of sp³-hybridized carbons (Fsp3) is 0.800. The van der Waals surface area contributed by atoms with Gasteiger partial charge in [0.15, 0.2) is 0 Å². The minimum Gasteiger partial charge on any atom is -0.351 e. The summed E-state index contributed by atoms with van der Waals surface area (Å²) in [5, 5.41) is 3.72. The molecule has 106 valence electrons. The van der Waals surface area contributed by atoms with Gasteiger partial charge in [-0.05, 0) is 46.6 Å². The van der Waals surface area contributed by atoms with Crippen molar-refractivity contribution in [3.63, 3.8) is 0 Å². The molecular formula is C15H26N4. The number of anilines is 1. The monoisotopic (exact) mass is 262 g/mol. The highest BCUT2D eigenvalue weighted by molar-refractivity contribution is 5.32. The third kappa shape index (κ3) is 2.50. The second-order valence-electron chi connectivity index (χ2n) is 6.35. The summed E-state index contributed by atoms with van der Waals surface area (Å²) >= 11 is 0. The number of piperidine rings is 1. The second kappa shape index (κ2) is 5.16. The first-order chi connectivity index (χ1) is 9.15. The highest BCUT2D eigenvalue weighted by Crippen LogP contribution is 2.29. The zero-order valence-electron chi connectivity index (χ0n) is 12.4. The fourth-order valence-corrected chi connectivity index (χ4v) is 3.60. The molecule has 0 aromatic carbocycles. The van der Waals surface area contributed by atoms with Crippen molar-refractivity contribution < 1.29 is 0 Å².